The fourth-order valence-electron chi connectivity index (χ4n) is 3.96. The fraction of sp³-hybridized carbons (Fsp3) is 0.192. The van der Waals surface area contributed by atoms with E-state index in [0.717, 1.165) is 9.87 Å². The summed E-state index contributed by atoms with van der Waals surface area (Å²) in [7, 11) is -2.32. The van der Waals surface area contributed by atoms with Crippen molar-refractivity contribution >= 4 is 33.5 Å². The Morgan fingerprint density at radius 1 is 0.943 bits per heavy atom. The molecular weight excluding hydrogens is 468 g/mol. The lowest BCUT2D eigenvalue weighted by molar-refractivity contribution is 0.0733. The second-order valence-corrected chi connectivity index (χ2v) is 10.4. The maximum absolute atomic E-state index is 12.8. The van der Waals surface area contributed by atoms with Gasteiger partial charge in [-0.05, 0) is 74.4 Å². The van der Waals surface area contributed by atoms with Gasteiger partial charge in [-0.25, -0.2) is 17.5 Å². The van der Waals surface area contributed by atoms with E-state index in [2.05, 4.69) is 0 Å². The van der Waals surface area contributed by atoms with Crippen LogP contribution in [0.1, 0.15) is 49.5 Å². The van der Waals surface area contributed by atoms with Crippen molar-refractivity contribution in [3.05, 3.63) is 89.0 Å². The first-order valence-electron chi connectivity index (χ1n) is 11.1. The summed E-state index contributed by atoms with van der Waals surface area (Å²) in [5.74, 6) is -1.25. The molecule has 1 aliphatic heterocycles. The molecule has 8 nitrogen and oxygen atoms in total. The van der Waals surface area contributed by atoms with Gasteiger partial charge in [0.1, 0.15) is 10.6 Å². The van der Waals surface area contributed by atoms with Gasteiger partial charge in [0.15, 0.2) is 0 Å². The number of amides is 2. The molecule has 3 aromatic carbocycles. The monoisotopic (exact) mass is 490 g/mol. The highest BCUT2D eigenvalue weighted by Crippen LogP contribution is 2.39. The maximum atomic E-state index is 12.8. The van der Waals surface area contributed by atoms with Crippen molar-refractivity contribution in [2.45, 2.75) is 30.7 Å². The van der Waals surface area contributed by atoms with E-state index in [9.17, 15) is 22.8 Å². The van der Waals surface area contributed by atoms with E-state index in [-0.39, 0.29) is 33.7 Å². The Morgan fingerprint density at radius 3 is 2.20 bits per heavy atom. The molecule has 1 fully saturated rings. The predicted octanol–water partition coefficient (Wildman–Crippen LogP) is 3.80. The number of carbonyl (C=O) groups excluding carboxylic acids is 3. The zero-order valence-corrected chi connectivity index (χ0v) is 19.9. The van der Waals surface area contributed by atoms with Crippen LogP contribution < -0.4 is 9.64 Å². The van der Waals surface area contributed by atoms with E-state index in [4.69, 9.17) is 4.74 Å². The minimum atomic E-state index is -3.97. The van der Waals surface area contributed by atoms with Crippen LogP contribution in [0.25, 0.3) is 0 Å². The molecule has 5 rings (SSSR count). The number of carbonyl (C=O) groups is 3. The first-order chi connectivity index (χ1) is 16.7. The summed E-state index contributed by atoms with van der Waals surface area (Å²) in [5.41, 5.74) is 2.31. The maximum Gasteiger partial charge on any atom is 0.343 e. The van der Waals surface area contributed by atoms with E-state index in [1.165, 1.54) is 23.1 Å². The molecule has 0 spiro atoms. The van der Waals surface area contributed by atoms with Crippen LogP contribution in [-0.4, -0.2) is 43.6 Å². The molecule has 0 unspecified atom stereocenters. The third kappa shape index (κ3) is 4.08. The molecule has 178 valence electrons. The first-order valence-corrected chi connectivity index (χ1v) is 12.5. The number of rotatable bonds is 5. The van der Waals surface area contributed by atoms with Crippen molar-refractivity contribution in [1.29, 1.82) is 0 Å². The van der Waals surface area contributed by atoms with E-state index < -0.39 is 21.9 Å². The molecule has 0 bridgehead atoms. The third-order valence-electron chi connectivity index (χ3n) is 6.10. The number of hydrogen-bond donors (Lipinski definition) is 0. The van der Waals surface area contributed by atoms with E-state index >= 15 is 0 Å². The largest absolute Gasteiger partial charge is 0.423 e. The molecule has 1 saturated carbocycles. The number of hydrogen-bond acceptors (Lipinski definition) is 6. The van der Waals surface area contributed by atoms with Crippen LogP contribution in [0.15, 0.2) is 71.6 Å². The van der Waals surface area contributed by atoms with Crippen molar-refractivity contribution < 1.29 is 27.5 Å². The van der Waals surface area contributed by atoms with Crippen molar-refractivity contribution in [2.24, 2.45) is 0 Å². The van der Waals surface area contributed by atoms with Crippen LogP contribution in [0.4, 0.5) is 5.69 Å². The summed E-state index contributed by atoms with van der Waals surface area (Å²) in [6.45, 7) is 1.95. The molecule has 0 radical (unpaired) electrons. The highest BCUT2D eigenvalue weighted by Gasteiger charge is 2.48. The van der Waals surface area contributed by atoms with E-state index in [1.54, 1.807) is 43.4 Å². The summed E-state index contributed by atoms with van der Waals surface area (Å²) < 4.78 is 31.9. The second-order valence-electron chi connectivity index (χ2n) is 8.66. The molecule has 1 aliphatic carbocycles. The minimum Gasteiger partial charge on any atom is -0.423 e. The molecule has 2 aliphatic rings. The number of sulfonamides is 1. The zero-order valence-electron chi connectivity index (χ0n) is 19.1. The van der Waals surface area contributed by atoms with Crippen LogP contribution in [0.3, 0.4) is 0 Å². The number of anilines is 1. The molecule has 9 heteroatoms. The summed E-state index contributed by atoms with van der Waals surface area (Å²) in [4.78, 5) is 39.2. The van der Waals surface area contributed by atoms with Gasteiger partial charge in [-0.2, -0.15) is 0 Å². The van der Waals surface area contributed by atoms with Gasteiger partial charge in [0, 0.05) is 24.3 Å². The molecule has 35 heavy (non-hydrogen) atoms. The summed E-state index contributed by atoms with van der Waals surface area (Å²) in [6.07, 6.45) is 1.30. The number of benzene rings is 3. The highest BCUT2D eigenvalue weighted by molar-refractivity contribution is 7.90. The quantitative estimate of drug-likeness (QED) is 0.398. The Kier molecular flexibility index (Phi) is 5.44. The average Bonchev–Trinajstić information content (AvgIpc) is 3.65. The highest BCUT2D eigenvalue weighted by atomic mass is 32.2. The lowest BCUT2D eigenvalue weighted by Gasteiger charge is -2.18. The fourth-order valence-corrected chi connectivity index (χ4v) is 5.80. The third-order valence-corrected chi connectivity index (χ3v) is 7.98. The predicted molar refractivity (Wildman–Crippen MR) is 128 cm³/mol. The average molecular weight is 491 g/mol. The summed E-state index contributed by atoms with van der Waals surface area (Å²) in [6, 6.07) is 17.3. The van der Waals surface area contributed by atoms with Crippen molar-refractivity contribution in [3.8, 4) is 5.75 Å². The summed E-state index contributed by atoms with van der Waals surface area (Å²) in [5, 5.41) is 0. The van der Waals surface area contributed by atoms with E-state index in [1.807, 2.05) is 19.1 Å². The van der Waals surface area contributed by atoms with Gasteiger partial charge in [0.05, 0.1) is 11.1 Å². The Balaban J connectivity index is 1.31. The van der Waals surface area contributed by atoms with Crippen molar-refractivity contribution in [1.82, 2.24) is 4.31 Å². The van der Waals surface area contributed by atoms with Gasteiger partial charge in [-0.1, -0.05) is 17.7 Å². The molecule has 0 saturated heterocycles. The van der Waals surface area contributed by atoms with Crippen LogP contribution >= 0.6 is 0 Å². The molecule has 1 heterocycles. The van der Waals surface area contributed by atoms with Gasteiger partial charge >= 0.3 is 5.97 Å². The van der Waals surface area contributed by atoms with Crippen molar-refractivity contribution in [2.75, 3.05) is 11.9 Å². The van der Waals surface area contributed by atoms with E-state index in [0.29, 0.717) is 24.1 Å². The van der Waals surface area contributed by atoms with Crippen molar-refractivity contribution in [3.63, 3.8) is 0 Å². The summed E-state index contributed by atoms with van der Waals surface area (Å²) >= 11 is 0. The van der Waals surface area contributed by atoms with Gasteiger partial charge in [-0.15, -0.1) is 0 Å². The Labute approximate surface area is 202 Å². The van der Waals surface area contributed by atoms with Crippen LogP contribution in [-0.2, 0) is 10.0 Å². The van der Waals surface area contributed by atoms with Gasteiger partial charge in [0.2, 0.25) is 0 Å². The second kappa shape index (κ2) is 8.35. The zero-order chi connectivity index (χ0) is 24.9. The normalized spacial score (nSPS) is 16.1. The smallest absolute Gasteiger partial charge is 0.343 e. The Morgan fingerprint density at radius 2 is 1.57 bits per heavy atom. The van der Waals surface area contributed by atoms with Gasteiger partial charge in [0.25, 0.3) is 21.8 Å². The molecule has 0 aromatic heterocycles. The SMILES string of the molecule is Cc1ccc(C(=O)N(C)c2ccc(OC(=O)c3ccc4c(c3)S(=O)(=O)N(C3CC3)C4=O)cc2)cc1. The number of fused-ring (bicyclic) bond motifs is 1. The van der Waals surface area contributed by atoms with Crippen LogP contribution in [0.5, 0.6) is 5.75 Å². The molecule has 3 aromatic rings. The van der Waals surface area contributed by atoms with Gasteiger partial charge < -0.3 is 9.64 Å². The molecule has 0 N–H and O–H groups in total. The topological polar surface area (TPSA) is 101 Å². The molecular formula is C26H22N2O6S. The first kappa shape index (κ1) is 22.8. The minimum absolute atomic E-state index is 0.0218. The van der Waals surface area contributed by atoms with Crippen LogP contribution in [0.2, 0.25) is 0 Å². The number of ether oxygens (including phenoxy) is 1. The number of esters is 1. The Bertz CT molecular complexity index is 1460. The lowest BCUT2D eigenvalue weighted by atomic mass is 10.1. The number of nitrogens with zero attached hydrogens (tertiary/aromatic N) is 2. The molecule has 0 atom stereocenters. The van der Waals surface area contributed by atoms with Gasteiger partial charge in [-0.3, -0.25) is 9.59 Å². The lowest BCUT2D eigenvalue weighted by Crippen LogP contribution is -2.31. The molecule has 2 amide bonds. The van der Waals surface area contributed by atoms with Crippen LogP contribution in [0, 0.1) is 6.92 Å². The standard InChI is InChI=1S/C26H22N2O6S/c1-16-3-5-17(6-4-16)24(29)27(2)19-10-12-21(13-11-19)34-26(31)18-7-14-22-23(15-18)35(32,33)28(25(22)30)20-8-9-20/h3-7,10-15,20H,8-9H2,1-2H3. The Hall–Kier alpha value is -3.98. The number of aryl methyl sites for hydroxylation is 1.